The highest BCUT2D eigenvalue weighted by Gasteiger charge is 2.08. The summed E-state index contributed by atoms with van der Waals surface area (Å²) >= 11 is 5.46. The first kappa shape index (κ1) is 16.6. The van der Waals surface area contributed by atoms with Gasteiger partial charge in [0.05, 0.1) is 0 Å². The first-order valence-electron chi connectivity index (χ1n) is 7.43. The van der Waals surface area contributed by atoms with Crippen molar-refractivity contribution in [3.05, 3.63) is 64.6 Å². The van der Waals surface area contributed by atoms with Crippen LogP contribution in [0.25, 0.3) is 0 Å². The number of rotatable bonds is 8. The maximum atomic E-state index is 3.61. The molecule has 0 spiro atoms. The molecule has 0 aliphatic carbocycles. The van der Waals surface area contributed by atoms with E-state index in [9.17, 15) is 0 Å². The van der Waals surface area contributed by atoms with Crippen LogP contribution in [0, 0.1) is 0 Å². The normalized spacial score (nSPS) is 12.3. The second kappa shape index (κ2) is 9.29. The summed E-state index contributed by atoms with van der Waals surface area (Å²) in [6.07, 6.45) is 2.32. The molecule has 0 aliphatic rings. The largest absolute Gasteiger partial charge is 0.313 e. The van der Waals surface area contributed by atoms with Crippen molar-refractivity contribution >= 4 is 27.7 Å². The molecule has 0 amide bonds. The molecule has 21 heavy (non-hydrogen) atoms. The Balaban J connectivity index is 1.84. The van der Waals surface area contributed by atoms with Crippen molar-refractivity contribution in [3.63, 3.8) is 0 Å². The molecule has 0 fully saturated rings. The lowest BCUT2D eigenvalue weighted by atomic mass is 10.1. The molecular formula is C18H22BrNS. The summed E-state index contributed by atoms with van der Waals surface area (Å²) in [7, 11) is 0. The van der Waals surface area contributed by atoms with E-state index in [0.717, 1.165) is 23.2 Å². The highest BCUT2D eigenvalue weighted by molar-refractivity contribution is 9.10. The summed E-state index contributed by atoms with van der Waals surface area (Å²) in [4.78, 5) is 1.33. The Morgan fingerprint density at radius 1 is 1.10 bits per heavy atom. The molecular weight excluding hydrogens is 342 g/mol. The molecule has 2 aromatic carbocycles. The number of halogens is 1. The van der Waals surface area contributed by atoms with E-state index in [1.54, 1.807) is 0 Å². The number of hydrogen-bond donors (Lipinski definition) is 1. The third-order valence-electron chi connectivity index (χ3n) is 3.36. The van der Waals surface area contributed by atoms with Gasteiger partial charge in [-0.2, -0.15) is 0 Å². The third kappa shape index (κ3) is 6.25. The molecule has 1 N–H and O–H groups in total. The lowest BCUT2D eigenvalue weighted by Gasteiger charge is -2.17. The maximum absolute atomic E-state index is 3.61. The maximum Gasteiger partial charge on any atom is 0.0186 e. The van der Waals surface area contributed by atoms with Gasteiger partial charge in [0.25, 0.3) is 0 Å². The van der Waals surface area contributed by atoms with Crippen molar-refractivity contribution in [1.29, 1.82) is 0 Å². The number of benzene rings is 2. The van der Waals surface area contributed by atoms with E-state index in [-0.39, 0.29) is 0 Å². The van der Waals surface area contributed by atoms with Crippen molar-refractivity contribution in [2.75, 3.05) is 12.3 Å². The average Bonchev–Trinajstić information content (AvgIpc) is 2.51. The predicted molar refractivity (Wildman–Crippen MR) is 97.1 cm³/mol. The minimum absolute atomic E-state index is 0.555. The topological polar surface area (TPSA) is 12.0 Å². The lowest BCUT2D eigenvalue weighted by Crippen LogP contribution is -2.31. The Bertz CT molecular complexity index is 530. The van der Waals surface area contributed by atoms with Gasteiger partial charge in [-0.3, -0.25) is 0 Å². The first-order valence-corrected chi connectivity index (χ1v) is 9.21. The van der Waals surface area contributed by atoms with Gasteiger partial charge >= 0.3 is 0 Å². The molecule has 0 bridgehead atoms. The molecule has 2 rings (SSSR count). The van der Waals surface area contributed by atoms with Crippen molar-refractivity contribution in [1.82, 2.24) is 5.32 Å². The zero-order valence-corrected chi connectivity index (χ0v) is 14.8. The minimum atomic E-state index is 0.555. The van der Waals surface area contributed by atoms with Crippen LogP contribution in [0.5, 0.6) is 0 Å². The summed E-state index contributed by atoms with van der Waals surface area (Å²) in [6, 6.07) is 19.8. The number of aryl methyl sites for hydroxylation is 1. The van der Waals surface area contributed by atoms with Crippen LogP contribution in [0.2, 0.25) is 0 Å². The highest BCUT2D eigenvalue weighted by Crippen LogP contribution is 2.23. The van der Waals surface area contributed by atoms with E-state index in [1.807, 2.05) is 11.8 Å². The van der Waals surface area contributed by atoms with Gasteiger partial charge in [-0.15, -0.1) is 11.8 Å². The van der Waals surface area contributed by atoms with Crippen LogP contribution in [0.4, 0.5) is 0 Å². The zero-order valence-electron chi connectivity index (χ0n) is 12.4. The average molecular weight is 364 g/mol. The third-order valence-corrected chi connectivity index (χ3v) is 5.01. The lowest BCUT2D eigenvalue weighted by molar-refractivity contribution is 0.537. The van der Waals surface area contributed by atoms with Gasteiger partial charge in [-0.1, -0.05) is 59.3 Å². The summed E-state index contributed by atoms with van der Waals surface area (Å²) in [5.74, 6) is 1.11. The summed E-state index contributed by atoms with van der Waals surface area (Å²) in [5.41, 5.74) is 1.42. The number of hydrogen-bond acceptors (Lipinski definition) is 2. The van der Waals surface area contributed by atoms with Gasteiger partial charge in [0.15, 0.2) is 0 Å². The zero-order chi connectivity index (χ0) is 14.9. The van der Waals surface area contributed by atoms with E-state index < -0.39 is 0 Å². The molecule has 112 valence electrons. The summed E-state index contributed by atoms with van der Waals surface area (Å²) in [5, 5.41) is 3.61. The Labute approximate surface area is 140 Å². The first-order chi connectivity index (χ1) is 10.3. The van der Waals surface area contributed by atoms with E-state index in [1.165, 1.54) is 16.9 Å². The Morgan fingerprint density at radius 3 is 2.62 bits per heavy atom. The number of nitrogens with one attached hydrogen (secondary N) is 1. The quantitative estimate of drug-likeness (QED) is 0.650. The fourth-order valence-corrected chi connectivity index (χ4v) is 3.89. The van der Waals surface area contributed by atoms with Crippen LogP contribution >= 0.6 is 27.7 Å². The Kier molecular flexibility index (Phi) is 7.34. The van der Waals surface area contributed by atoms with Gasteiger partial charge in [-0.05, 0) is 43.1 Å². The SMILES string of the molecule is CCNC(CCc1ccccc1)CSc1cccc(Br)c1. The molecule has 0 radical (unpaired) electrons. The summed E-state index contributed by atoms with van der Waals surface area (Å²) < 4.78 is 1.15. The molecule has 0 saturated heterocycles. The van der Waals surface area contributed by atoms with Gasteiger partial charge in [0.1, 0.15) is 0 Å². The molecule has 0 saturated carbocycles. The van der Waals surface area contributed by atoms with E-state index >= 15 is 0 Å². The molecule has 0 aliphatic heterocycles. The van der Waals surface area contributed by atoms with Crippen molar-refractivity contribution in [2.45, 2.75) is 30.7 Å². The fourth-order valence-electron chi connectivity index (χ4n) is 2.27. The van der Waals surface area contributed by atoms with Crippen molar-refractivity contribution in [3.8, 4) is 0 Å². The van der Waals surface area contributed by atoms with E-state index in [4.69, 9.17) is 0 Å². The van der Waals surface area contributed by atoms with Crippen LogP contribution in [0.1, 0.15) is 18.9 Å². The van der Waals surface area contributed by atoms with E-state index in [2.05, 4.69) is 82.8 Å². The van der Waals surface area contributed by atoms with Crippen molar-refractivity contribution in [2.24, 2.45) is 0 Å². The second-order valence-corrected chi connectivity index (χ2v) is 7.06. The Morgan fingerprint density at radius 2 is 1.90 bits per heavy atom. The fraction of sp³-hybridized carbons (Fsp3) is 0.333. The number of thioether (sulfide) groups is 1. The molecule has 1 unspecified atom stereocenters. The molecule has 3 heteroatoms. The highest BCUT2D eigenvalue weighted by atomic mass is 79.9. The van der Waals surface area contributed by atoms with Gasteiger partial charge in [0, 0.05) is 21.2 Å². The molecule has 0 heterocycles. The Hall–Kier alpha value is -0.770. The van der Waals surface area contributed by atoms with Gasteiger partial charge < -0.3 is 5.32 Å². The predicted octanol–water partition coefficient (Wildman–Crippen LogP) is 5.15. The van der Waals surface area contributed by atoms with Crippen LogP contribution in [0.3, 0.4) is 0 Å². The summed E-state index contributed by atoms with van der Waals surface area (Å²) in [6.45, 7) is 3.21. The molecule has 1 nitrogen and oxygen atoms in total. The minimum Gasteiger partial charge on any atom is -0.313 e. The van der Waals surface area contributed by atoms with Crippen LogP contribution < -0.4 is 5.32 Å². The monoisotopic (exact) mass is 363 g/mol. The van der Waals surface area contributed by atoms with Crippen molar-refractivity contribution < 1.29 is 0 Å². The molecule has 0 aromatic heterocycles. The molecule has 1 atom stereocenters. The van der Waals surface area contributed by atoms with Crippen LogP contribution in [0.15, 0.2) is 64.0 Å². The van der Waals surface area contributed by atoms with Crippen LogP contribution in [-0.2, 0) is 6.42 Å². The molecule has 2 aromatic rings. The van der Waals surface area contributed by atoms with Gasteiger partial charge in [0.2, 0.25) is 0 Å². The standard InChI is InChI=1S/C18H22BrNS/c1-2-20-17(12-11-15-7-4-3-5-8-15)14-21-18-10-6-9-16(19)13-18/h3-10,13,17,20H,2,11-12,14H2,1H3. The van der Waals surface area contributed by atoms with E-state index in [0.29, 0.717) is 6.04 Å². The smallest absolute Gasteiger partial charge is 0.0186 e. The van der Waals surface area contributed by atoms with Crippen LogP contribution in [-0.4, -0.2) is 18.3 Å². The second-order valence-electron chi connectivity index (χ2n) is 5.05. The van der Waals surface area contributed by atoms with Gasteiger partial charge in [-0.25, -0.2) is 0 Å².